The summed E-state index contributed by atoms with van der Waals surface area (Å²) in [6, 6.07) is 3.66. The fraction of sp³-hybridized carbons (Fsp3) is 0.438. The third-order valence-corrected chi connectivity index (χ3v) is 4.77. The average Bonchev–Trinajstić information content (AvgIpc) is 2.49. The molecule has 5 nitrogen and oxygen atoms in total. The normalized spacial score (nSPS) is 25.1. The Labute approximate surface area is 137 Å². The second-order valence-corrected chi connectivity index (χ2v) is 6.99. The number of rotatable bonds is 2. The number of aromatic nitrogens is 2. The minimum atomic E-state index is -0.597. The molecule has 2 aromatic heterocycles. The van der Waals surface area contributed by atoms with E-state index in [1.54, 1.807) is 18.5 Å². The maximum Gasteiger partial charge on any atom is 0.270 e. The zero-order valence-electron chi connectivity index (χ0n) is 12.3. The minimum absolute atomic E-state index is 0.103. The molecule has 2 heterocycles. The number of halogens is 1. The molecule has 1 amide bonds. The van der Waals surface area contributed by atoms with Gasteiger partial charge in [-0.25, -0.2) is 4.98 Å². The number of pyridine rings is 2. The first-order valence-electron chi connectivity index (χ1n) is 7.38. The average molecular weight is 364 g/mol. The van der Waals surface area contributed by atoms with Crippen molar-refractivity contribution in [2.24, 2.45) is 0 Å². The molecule has 2 N–H and O–H groups in total. The predicted molar refractivity (Wildman–Crippen MR) is 87.6 cm³/mol. The van der Waals surface area contributed by atoms with Crippen molar-refractivity contribution in [2.75, 3.05) is 0 Å². The van der Waals surface area contributed by atoms with E-state index in [-0.39, 0.29) is 11.9 Å². The third kappa shape index (κ3) is 3.28. The van der Waals surface area contributed by atoms with E-state index in [9.17, 15) is 9.90 Å². The van der Waals surface area contributed by atoms with Crippen LogP contribution in [0.25, 0.3) is 10.9 Å². The number of fused-ring (bicyclic) bond motifs is 1. The standard InChI is InChI=1S/C16H18BrN3O2/c1-16(22)6-4-11(5-7-16)19-15(21)13-3-2-10-8-18-9-12(17)14(10)20-13/h2-3,8-9,11,22H,4-7H2,1H3,(H,19,21). The summed E-state index contributed by atoms with van der Waals surface area (Å²) in [6.07, 6.45) is 6.39. The van der Waals surface area contributed by atoms with Crippen LogP contribution in [0.3, 0.4) is 0 Å². The van der Waals surface area contributed by atoms with E-state index in [1.807, 2.05) is 13.0 Å². The first-order chi connectivity index (χ1) is 10.4. The summed E-state index contributed by atoms with van der Waals surface area (Å²) >= 11 is 3.41. The highest BCUT2D eigenvalue weighted by Gasteiger charge is 2.29. The maximum absolute atomic E-state index is 12.4. The van der Waals surface area contributed by atoms with Gasteiger partial charge >= 0.3 is 0 Å². The summed E-state index contributed by atoms with van der Waals surface area (Å²) in [6.45, 7) is 1.85. The summed E-state index contributed by atoms with van der Waals surface area (Å²) < 4.78 is 0.772. The largest absolute Gasteiger partial charge is 0.390 e. The molecule has 0 saturated heterocycles. The molecule has 3 rings (SSSR count). The Morgan fingerprint density at radius 1 is 1.36 bits per heavy atom. The van der Waals surface area contributed by atoms with Crippen LogP contribution in [0.5, 0.6) is 0 Å². The lowest BCUT2D eigenvalue weighted by Gasteiger charge is -2.33. The number of hydrogen-bond donors (Lipinski definition) is 2. The second-order valence-electron chi connectivity index (χ2n) is 6.13. The van der Waals surface area contributed by atoms with E-state index in [0.29, 0.717) is 18.5 Å². The molecule has 22 heavy (non-hydrogen) atoms. The Morgan fingerprint density at radius 2 is 2.09 bits per heavy atom. The first kappa shape index (κ1) is 15.4. The summed E-state index contributed by atoms with van der Waals surface area (Å²) in [4.78, 5) is 20.9. The number of nitrogens with zero attached hydrogens (tertiary/aromatic N) is 2. The molecule has 1 aliphatic carbocycles. The van der Waals surface area contributed by atoms with Gasteiger partial charge in [-0.1, -0.05) is 0 Å². The van der Waals surface area contributed by atoms with Crippen molar-refractivity contribution < 1.29 is 9.90 Å². The highest BCUT2D eigenvalue weighted by molar-refractivity contribution is 9.10. The Bertz CT molecular complexity index is 708. The van der Waals surface area contributed by atoms with Crippen LogP contribution in [-0.2, 0) is 0 Å². The van der Waals surface area contributed by atoms with E-state index < -0.39 is 5.60 Å². The maximum atomic E-state index is 12.4. The van der Waals surface area contributed by atoms with Crippen molar-refractivity contribution in [3.8, 4) is 0 Å². The predicted octanol–water partition coefficient (Wildman–Crippen LogP) is 2.82. The monoisotopic (exact) mass is 363 g/mol. The highest BCUT2D eigenvalue weighted by Crippen LogP contribution is 2.28. The minimum Gasteiger partial charge on any atom is -0.390 e. The number of carbonyl (C=O) groups is 1. The van der Waals surface area contributed by atoms with Crippen molar-refractivity contribution >= 4 is 32.7 Å². The summed E-state index contributed by atoms with van der Waals surface area (Å²) in [7, 11) is 0. The smallest absolute Gasteiger partial charge is 0.270 e. The molecular weight excluding hydrogens is 346 g/mol. The van der Waals surface area contributed by atoms with Crippen molar-refractivity contribution in [2.45, 2.75) is 44.2 Å². The van der Waals surface area contributed by atoms with Gasteiger partial charge in [0.05, 0.1) is 15.6 Å². The molecular formula is C16H18BrN3O2. The molecule has 0 unspecified atom stereocenters. The van der Waals surface area contributed by atoms with Crippen LogP contribution in [0.15, 0.2) is 29.0 Å². The van der Waals surface area contributed by atoms with Gasteiger partial charge in [0, 0.05) is 23.8 Å². The van der Waals surface area contributed by atoms with Crippen LogP contribution in [-0.4, -0.2) is 32.6 Å². The molecule has 0 aromatic carbocycles. The topological polar surface area (TPSA) is 75.1 Å². The van der Waals surface area contributed by atoms with Crippen LogP contribution < -0.4 is 5.32 Å². The molecule has 2 aromatic rings. The molecule has 0 atom stereocenters. The first-order valence-corrected chi connectivity index (χ1v) is 8.17. The van der Waals surface area contributed by atoms with Gasteiger partial charge in [0.25, 0.3) is 5.91 Å². The molecule has 1 fully saturated rings. The van der Waals surface area contributed by atoms with E-state index in [2.05, 4.69) is 31.2 Å². The Morgan fingerprint density at radius 3 is 2.82 bits per heavy atom. The van der Waals surface area contributed by atoms with Gasteiger partial charge in [-0.05, 0) is 60.7 Å². The number of nitrogens with one attached hydrogen (secondary N) is 1. The van der Waals surface area contributed by atoms with Crippen LogP contribution in [0.1, 0.15) is 43.1 Å². The van der Waals surface area contributed by atoms with Crippen LogP contribution >= 0.6 is 15.9 Å². The van der Waals surface area contributed by atoms with Gasteiger partial charge in [-0.15, -0.1) is 0 Å². The zero-order valence-corrected chi connectivity index (χ0v) is 13.9. The summed E-state index contributed by atoms with van der Waals surface area (Å²) in [5.41, 5.74) is 0.534. The Hall–Kier alpha value is -1.53. The van der Waals surface area contributed by atoms with Gasteiger partial charge in [0.15, 0.2) is 0 Å². The van der Waals surface area contributed by atoms with Gasteiger partial charge in [-0.3, -0.25) is 9.78 Å². The summed E-state index contributed by atoms with van der Waals surface area (Å²) in [5.74, 6) is -0.169. The van der Waals surface area contributed by atoms with Gasteiger partial charge < -0.3 is 10.4 Å². The highest BCUT2D eigenvalue weighted by atomic mass is 79.9. The van der Waals surface area contributed by atoms with Crippen LogP contribution in [0.2, 0.25) is 0 Å². The fourth-order valence-electron chi connectivity index (χ4n) is 2.78. The molecule has 0 spiro atoms. The van der Waals surface area contributed by atoms with Crippen LogP contribution in [0, 0.1) is 0 Å². The van der Waals surface area contributed by atoms with Crippen molar-refractivity contribution in [3.05, 3.63) is 34.7 Å². The lowest BCUT2D eigenvalue weighted by atomic mass is 9.83. The van der Waals surface area contributed by atoms with Gasteiger partial charge in [-0.2, -0.15) is 0 Å². The third-order valence-electron chi connectivity index (χ3n) is 4.18. The summed E-state index contributed by atoms with van der Waals surface area (Å²) in [5, 5.41) is 13.9. The molecule has 1 saturated carbocycles. The second kappa shape index (κ2) is 5.93. The number of hydrogen-bond acceptors (Lipinski definition) is 4. The van der Waals surface area contributed by atoms with E-state index >= 15 is 0 Å². The molecule has 6 heteroatoms. The van der Waals surface area contributed by atoms with Gasteiger partial charge in [0.2, 0.25) is 0 Å². The number of carbonyl (C=O) groups excluding carboxylic acids is 1. The Balaban J connectivity index is 1.74. The number of aliphatic hydroxyl groups is 1. The quantitative estimate of drug-likeness (QED) is 0.859. The lowest BCUT2D eigenvalue weighted by molar-refractivity contribution is 0.0140. The lowest BCUT2D eigenvalue weighted by Crippen LogP contribution is -2.42. The molecule has 0 bridgehead atoms. The van der Waals surface area contributed by atoms with Crippen molar-refractivity contribution in [3.63, 3.8) is 0 Å². The zero-order chi connectivity index (χ0) is 15.7. The molecule has 0 radical (unpaired) electrons. The van der Waals surface area contributed by atoms with Crippen molar-refractivity contribution in [1.82, 2.24) is 15.3 Å². The molecule has 1 aliphatic rings. The number of amides is 1. The van der Waals surface area contributed by atoms with E-state index in [4.69, 9.17) is 0 Å². The van der Waals surface area contributed by atoms with Crippen molar-refractivity contribution in [1.29, 1.82) is 0 Å². The Kier molecular flexibility index (Phi) is 4.14. The fourth-order valence-corrected chi connectivity index (χ4v) is 3.22. The molecule has 0 aliphatic heterocycles. The van der Waals surface area contributed by atoms with Gasteiger partial charge in [0.1, 0.15) is 5.69 Å². The van der Waals surface area contributed by atoms with E-state index in [0.717, 1.165) is 28.2 Å². The molecule has 116 valence electrons. The van der Waals surface area contributed by atoms with E-state index in [1.165, 1.54) is 0 Å². The SMILES string of the molecule is CC1(O)CCC(NC(=O)c2ccc3cncc(Br)c3n2)CC1. The van der Waals surface area contributed by atoms with Crippen LogP contribution in [0.4, 0.5) is 0 Å².